The molecule has 1 heterocycles. The lowest BCUT2D eigenvalue weighted by Gasteiger charge is -2.09. The zero-order valence-corrected chi connectivity index (χ0v) is 12.8. The van der Waals surface area contributed by atoms with Crippen molar-refractivity contribution in [1.82, 2.24) is 4.57 Å². The number of carboxylic acid groups (broad SMARTS) is 1. The summed E-state index contributed by atoms with van der Waals surface area (Å²) in [6, 6.07) is 11.6. The van der Waals surface area contributed by atoms with Crippen LogP contribution in [0.15, 0.2) is 42.5 Å². The van der Waals surface area contributed by atoms with Crippen molar-refractivity contribution in [3.05, 3.63) is 58.7 Å². The van der Waals surface area contributed by atoms with E-state index in [0.717, 1.165) is 5.56 Å². The second-order valence-corrected chi connectivity index (χ2v) is 5.62. The standard InChI is InChI=1S/C17H14ClNO4/c18-17-13(8-15(22)23)12-2-1-3-14(21)16(12)19(17)9-10-4-6-11(20)7-5-10/h1-7,20-21H,8-9H2,(H,22,23). The van der Waals surface area contributed by atoms with E-state index >= 15 is 0 Å². The van der Waals surface area contributed by atoms with Gasteiger partial charge in [-0.2, -0.15) is 0 Å². The van der Waals surface area contributed by atoms with Gasteiger partial charge in [0, 0.05) is 17.5 Å². The number of carboxylic acids is 1. The highest BCUT2D eigenvalue weighted by molar-refractivity contribution is 6.32. The lowest BCUT2D eigenvalue weighted by molar-refractivity contribution is -0.136. The second kappa shape index (κ2) is 5.85. The van der Waals surface area contributed by atoms with Gasteiger partial charge in [-0.3, -0.25) is 4.79 Å². The molecule has 0 saturated carbocycles. The summed E-state index contributed by atoms with van der Waals surface area (Å²) >= 11 is 6.39. The first-order valence-electron chi connectivity index (χ1n) is 6.95. The molecule has 2 aromatic carbocycles. The number of benzene rings is 2. The van der Waals surface area contributed by atoms with Crippen LogP contribution in [0.2, 0.25) is 5.15 Å². The van der Waals surface area contributed by atoms with Crippen molar-refractivity contribution in [3.8, 4) is 11.5 Å². The third-order valence-corrected chi connectivity index (χ3v) is 4.13. The van der Waals surface area contributed by atoms with Gasteiger partial charge in [0.15, 0.2) is 0 Å². The van der Waals surface area contributed by atoms with Gasteiger partial charge in [-0.25, -0.2) is 0 Å². The number of phenols is 2. The SMILES string of the molecule is O=C(O)Cc1c(Cl)n(Cc2ccc(O)cc2)c2c(O)cccc12. The van der Waals surface area contributed by atoms with E-state index in [4.69, 9.17) is 16.7 Å². The maximum absolute atomic E-state index is 11.1. The summed E-state index contributed by atoms with van der Waals surface area (Å²) in [7, 11) is 0. The lowest BCUT2D eigenvalue weighted by atomic mass is 10.1. The molecule has 0 atom stereocenters. The molecule has 6 heteroatoms. The number of fused-ring (bicyclic) bond motifs is 1. The number of aromatic hydroxyl groups is 2. The maximum atomic E-state index is 11.1. The van der Waals surface area contributed by atoms with Gasteiger partial charge >= 0.3 is 5.97 Å². The fourth-order valence-corrected chi connectivity index (χ4v) is 3.00. The average Bonchev–Trinajstić information content (AvgIpc) is 2.76. The van der Waals surface area contributed by atoms with Crippen molar-refractivity contribution < 1.29 is 20.1 Å². The summed E-state index contributed by atoms with van der Waals surface area (Å²) in [5, 5.41) is 29.5. The van der Waals surface area contributed by atoms with Crippen LogP contribution in [0.3, 0.4) is 0 Å². The van der Waals surface area contributed by atoms with Crippen LogP contribution in [-0.2, 0) is 17.8 Å². The van der Waals surface area contributed by atoms with E-state index < -0.39 is 5.97 Å². The molecular formula is C17H14ClNO4. The number of phenolic OH excluding ortho intramolecular Hbond substituents is 2. The number of halogens is 1. The van der Waals surface area contributed by atoms with Crippen LogP contribution in [0, 0.1) is 0 Å². The fraction of sp³-hybridized carbons (Fsp3) is 0.118. The molecule has 0 radical (unpaired) electrons. The molecule has 0 unspecified atom stereocenters. The lowest BCUT2D eigenvalue weighted by Crippen LogP contribution is -2.02. The summed E-state index contributed by atoms with van der Waals surface area (Å²) in [5.74, 6) is -0.787. The summed E-state index contributed by atoms with van der Waals surface area (Å²) in [4.78, 5) is 11.1. The highest BCUT2D eigenvalue weighted by atomic mass is 35.5. The Morgan fingerprint density at radius 2 is 1.78 bits per heavy atom. The summed E-state index contributed by atoms with van der Waals surface area (Å²) in [6.45, 7) is 0.354. The van der Waals surface area contributed by atoms with Crippen molar-refractivity contribution in [1.29, 1.82) is 0 Å². The van der Waals surface area contributed by atoms with E-state index in [-0.39, 0.29) is 23.1 Å². The zero-order valence-electron chi connectivity index (χ0n) is 12.0. The van der Waals surface area contributed by atoms with Crippen LogP contribution in [-0.4, -0.2) is 25.9 Å². The molecule has 118 valence electrons. The van der Waals surface area contributed by atoms with Crippen LogP contribution in [0.4, 0.5) is 0 Å². The first-order valence-corrected chi connectivity index (χ1v) is 7.33. The van der Waals surface area contributed by atoms with Gasteiger partial charge in [-0.1, -0.05) is 35.9 Å². The molecule has 3 aromatic rings. The van der Waals surface area contributed by atoms with E-state index in [1.54, 1.807) is 41.0 Å². The molecule has 0 aliphatic carbocycles. The Morgan fingerprint density at radius 3 is 2.43 bits per heavy atom. The van der Waals surface area contributed by atoms with E-state index in [1.807, 2.05) is 0 Å². The Kier molecular flexibility index (Phi) is 3.88. The van der Waals surface area contributed by atoms with Crippen molar-refractivity contribution in [2.45, 2.75) is 13.0 Å². The van der Waals surface area contributed by atoms with E-state index in [2.05, 4.69) is 0 Å². The number of aliphatic carboxylic acids is 1. The Hall–Kier alpha value is -2.66. The van der Waals surface area contributed by atoms with E-state index in [1.165, 1.54) is 6.07 Å². The molecule has 0 aliphatic rings. The van der Waals surface area contributed by atoms with Gasteiger partial charge in [0.2, 0.25) is 0 Å². The summed E-state index contributed by atoms with van der Waals surface area (Å²) in [5.41, 5.74) is 1.84. The zero-order chi connectivity index (χ0) is 16.6. The van der Waals surface area contributed by atoms with Gasteiger partial charge in [0.1, 0.15) is 16.7 Å². The Morgan fingerprint density at radius 1 is 1.09 bits per heavy atom. The first kappa shape index (κ1) is 15.2. The predicted molar refractivity (Wildman–Crippen MR) is 87.2 cm³/mol. The van der Waals surface area contributed by atoms with Gasteiger partial charge in [-0.05, 0) is 23.8 Å². The van der Waals surface area contributed by atoms with Crippen molar-refractivity contribution in [2.75, 3.05) is 0 Å². The van der Waals surface area contributed by atoms with Crippen molar-refractivity contribution in [3.63, 3.8) is 0 Å². The van der Waals surface area contributed by atoms with E-state index in [9.17, 15) is 15.0 Å². The monoisotopic (exact) mass is 331 g/mol. The molecule has 3 rings (SSSR count). The molecule has 0 aliphatic heterocycles. The molecule has 0 spiro atoms. The first-order chi connectivity index (χ1) is 11.0. The minimum absolute atomic E-state index is 0.0415. The number of para-hydroxylation sites is 1. The topological polar surface area (TPSA) is 82.7 Å². The Labute approximate surface area is 137 Å². The highest BCUT2D eigenvalue weighted by Crippen LogP contribution is 2.36. The molecule has 0 amide bonds. The molecular weight excluding hydrogens is 318 g/mol. The number of aromatic nitrogens is 1. The number of hydrogen-bond acceptors (Lipinski definition) is 3. The second-order valence-electron chi connectivity index (χ2n) is 5.27. The molecule has 0 bridgehead atoms. The number of carbonyl (C=O) groups is 1. The Bertz CT molecular complexity index is 884. The quantitative estimate of drug-likeness (QED) is 0.684. The van der Waals surface area contributed by atoms with Gasteiger partial charge in [0.05, 0.1) is 11.9 Å². The molecule has 3 N–H and O–H groups in total. The maximum Gasteiger partial charge on any atom is 0.307 e. The predicted octanol–water partition coefficient (Wildman–Crippen LogP) is 3.38. The van der Waals surface area contributed by atoms with Crippen LogP contribution in [0.5, 0.6) is 11.5 Å². The summed E-state index contributed by atoms with van der Waals surface area (Å²) in [6.07, 6.45) is -0.221. The smallest absolute Gasteiger partial charge is 0.307 e. The fourth-order valence-electron chi connectivity index (χ4n) is 2.68. The molecule has 0 saturated heterocycles. The number of rotatable bonds is 4. The van der Waals surface area contributed by atoms with Crippen LogP contribution in [0.25, 0.3) is 10.9 Å². The van der Waals surface area contributed by atoms with Crippen molar-refractivity contribution >= 4 is 28.5 Å². The average molecular weight is 332 g/mol. The minimum Gasteiger partial charge on any atom is -0.508 e. The normalized spacial score (nSPS) is 11.0. The summed E-state index contributed by atoms with van der Waals surface area (Å²) < 4.78 is 1.68. The van der Waals surface area contributed by atoms with Gasteiger partial charge in [-0.15, -0.1) is 0 Å². The number of hydrogen-bond donors (Lipinski definition) is 3. The highest BCUT2D eigenvalue weighted by Gasteiger charge is 2.20. The van der Waals surface area contributed by atoms with Crippen LogP contribution >= 0.6 is 11.6 Å². The van der Waals surface area contributed by atoms with Crippen LogP contribution in [0.1, 0.15) is 11.1 Å². The molecule has 1 aromatic heterocycles. The number of nitrogens with zero attached hydrogens (tertiary/aromatic N) is 1. The minimum atomic E-state index is -0.987. The van der Waals surface area contributed by atoms with E-state index in [0.29, 0.717) is 23.0 Å². The molecule has 5 nitrogen and oxygen atoms in total. The Balaban J connectivity index is 2.17. The van der Waals surface area contributed by atoms with Gasteiger partial charge in [0.25, 0.3) is 0 Å². The largest absolute Gasteiger partial charge is 0.508 e. The molecule has 23 heavy (non-hydrogen) atoms. The van der Waals surface area contributed by atoms with Gasteiger partial charge < -0.3 is 19.9 Å². The third kappa shape index (κ3) is 2.83. The molecule has 0 fully saturated rings. The van der Waals surface area contributed by atoms with Crippen molar-refractivity contribution in [2.24, 2.45) is 0 Å². The van der Waals surface area contributed by atoms with Crippen LogP contribution < -0.4 is 0 Å². The third-order valence-electron chi connectivity index (χ3n) is 3.70.